The van der Waals surface area contributed by atoms with Crippen molar-refractivity contribution in [1.82, 2.24) is 5.32 Å². The van der Waals surface area contributed by atoms with E-state index in [-0.39, 0.29) is 6.04 Å². The number of halogens is 1. The van der Waals surface area contributed by atoms with Gasteiger partial charge in [-0.3, -0.25) is 0 Å². The summed E-state index contributed by atoms with van der Waals surface area (Å²) in [6, 6.07) is 8.55. The lowest BCUT2D eigenvalue weighted by Gasteiger charge is -2.16. The Morgan fingerprint density at radius 3 is 2.86 bits per heavy atom. The van der Waals surface area contributed by atoms with Gasteiger partial charge in [0.05, 0.1) is 12.6 Å². The zero-order valence-corrected chi connectivity index (χ0v) is 10.2. The van der Waals surface area contributed by atoms with Gasteiger partial charge in [-0.1, -0.05) is 28.1 Å². The van der Waals surface area contributed by atoms with Crippen molar-refractivity contribution in [1.29, 1.82) is 0 Å². The van der Waals surface area contributed by atoms with Crippen LogP contribution in [0.2, 0.25) is 0 Å². The second-order valence-corrected chi connectivity index (χ2v) is 3.97. The fraction of sp³-hybridized carbons (Fsp3) is 0.455. The summed E-state index contributed by atoms with van der Waals surface area (Å²) in [6.45, 7) is 3.48. The normalized spacial score (nSPS) is 12.8. The highest BCUT2D eigenvalue weighted by Gasteiger charge is 2.08. The van der Waals surface area contributed by atoms with Gasteiger partial charge in [0.2, 0.25) is 0 Å². The van der Waals surface area contributed by atoms with Gasteiger partial charge in [-0.05, 0) is 31.7 Å². The zero-order chi connectivity index (χ0) is 10.4. The van der Waals surface area contributed by atoms with Crippen LogP contribution in [0.1, 0.15) is 18.5 Å². The molecule has 0 amide bonds. The highest BCUT2D eigenvalue weighted by molar-refractivity contribution is 9.10. The molecule has 0 aliphatic carbocycles. The molecule has 1 aromatic rings. The minimum Gasteiger partial charge on any atom is -0.380 e. The first-order chi connectivity index (χ1) is 6.77. The number of likely N-dealkylation sites (N-methyl/N-ethyl adjacent to an activating group) is 1. The summed E-state index contributed by atoms with van der Waals surface area (Å²) < 4.78 is 6.51. The summed E-state index contributed by atoms with van der Waals surface area (Å²) >= 11 is 3.46. The number of ether oxygens (including phenoxy) is 1. The quantitative estimate of drug-likeness (QED) is 0.876. The zero-order valence-electron chi connectivity index (χ0n) is 8.59. The Kier molecular flexibility index (Phi) is 5.15. The van der Waals surface area contributed by atoms with E-state index in [0.29, 0.717) is 6.61 Å². The molecule has 0 radical (unpaired) electrons. The predicted molar refractivity (Wildman–Crippen MR) is 62.4 cm³/mol. The van der Waals surface area contributed by atoms with Gasteiger partial charge in [-0.25, -0.2) is 0 Å². The van der Waals surface area contributed by atoms with Crippen molar-refractivity contribution >= 4 is 15.9 Å². The molecule has 1 aromatic carbocycles. The van der Waals surface area contributed by atoms with E-state index in [2.05, 4.69) is 33.4 Å². The second-order valence-electron chi connectivity index (χ2n) is 3.06. The molecule has 1 unspecified atom stereocenters. The molecule has 1 atom stereocenters. The van der Waals surface area contributed by atoms with Crippen molar-refractivity contribution in [3.63, 3.8) is 0 Å². The lowest BCUT2D eigenvalue weighted by molar-refractivity contribution is 0.125. The molecule has 0 aliphatic heterocycles. The number of nitrogens with one attached hydrogen (secondary N) is 1. The molecule has 0 aliphatic rings. The molecule has 1 N–H and O–H groups in total. The molecule has 0 bridgehead atoms. The lowest BCUT2D eigenvalue weighted by Crippen LogP contribution is -2.21. The summed E-state index contributed by atoms with van der Waals surface area (Å²) in [6.07, 6.45) is 0. The molecular formula is C11H16BrNO. The third-order valence-corrected chi connectivity index (χ3v) is 2.58. The average molecular weight is 258 g/mol. The lowest BCUT2D eigenvalue weighted by atomic mass is 10.1. The Morgan fingerprint density at radius 1 is 1.50 bits per heavy atom. The van der Waals surface area contributed by atoms with Crippen LogP contribution in [0.25, 0.3) is 0 Å². The van der Waals surface area contributed by atoms with Gasteiger partial charge in [0, 0.05) is 11.1 Å². The maximum Gasteiger partial charge on any atom is 0.0661 e. The van der Waals surface area contributed by atoms with Gasteiger partial charge in [0.25, 0.3) is 0 Å². The van der Waals surface area contributed by atoms with E-state index in [9.17, 15) is 0 Å². The van der Waals surface area contributed by atoms with Crippen molar-refractivity contribution in [3.05, 3.63) is 34.3 Å². The van der Waals surface area contributed by atoms with Crippen molar-refractivity contribution in [2.24, 2.45) is 0 Å². The summed E-state index contributed by atoms with van der Waals surface area (Å²) in [5, 5.41) is 3.23. The Hall–Kier alpha value is -0.380. The molecule has 3 heteroatoms. The minimum absolute atomic E-state index is 0.271. The fourth-order valence-corrected chi connectivity index (χ4v) is 1.72. The minimum atomic E-state index is 0.271. The molecule has 78 valence electrons. The molecule has 1 rings (SSSR count). The Bertz CT molecular complexity index is 278. The van der Waals surface area contributed by atoms with Crippen LogP contribution in [-0.4, -0.2) is 20.3 Å². The number of rotatable bonds is 5. The van der Waals surface area contributed by atoms with Crippen LogP contribution in [-0.2, 0) is 4.74 Å². The van der Waals surface area contributed by atoms with E-state index in [4.69, 9.17) is 4.74 Å². The second kappa shape index (κ2) is 6.17. The maximum atomic E-state index is 5.40. The van der Waals surface area contributed by atoms with Crippen molar-refractivity contribution in [3.8, 4) is 0 Å². The third kappa shape index (κ3) is 3.40. The standard InChI is InChI=1S/C11H16BrNO/c1-3-14-8-11(13-2)9-5-4-6-10(12)7-9/h4-7,11,13H,3,8H2,1-2H3. The van der Waals surface area contributed by atoms with Crippen molar-refractivity contribution in [2.45, 2.75) is 13.0 Å². The first-order valence-corrected chi connectivity index (χ1v) is 5.57. The van der Waals surface area contributed by atoms with Gasteiger partial charge in [0.15, 0.2) is 0 Å². The van der Waals surface area contributed by atoms with E-state index in [0.717, 1.165) is 11.1 Å². The van der Waals surface area contributed by atoms with Crippen LogP contribution in [0, 0.1) is 0 Å². The van der Waals surface area contributed by atoms with E-state index in [1.165, 1.54) is 5.56 Å². The van der Waals surface area contributed by atoms with Crippen LogP contribution >= 0.6 is 15.9 Å². The number of hydrogen-bond acceptors (Lipinski definition) is 2. The molecular weight excluding hydrogens is 242 g/mol. The Balaban J connectivity index is 2.68. The van der Waals surface area contributed by atoms with Gasteiger partial charge >= 0.3 is 0 Å². The predicted octanol–water partition coefficient (Wildman–Crippen LogP) is 2.75. The van der Waals surface area contributed by atoms with Crippen LogP contribution in [0.3, 0.4) is 0 Å². The number of hydrogen-bond donors (Lipinski definition) is 1. The van der Waals surface area contributed by atoms with Crippen LogP contribution in [0.4, 0.5) is 0 Å². The molecule has 0 spiro atoms. The molecule has 0 saturated carbocycles. The molecule has 0 fully saturated rings. The first kappa shape index (κ1) is 11.7. The first-order valence-electron chi connectivity index (χ1n) is 4.78. The van der Waals surface area contributed by atoms with Gasteiger partial charge in [-0.2, -0.15) is 0 Å². The van der Waals surface area contributed by atoms with Crippen molar-refractivity contribution < 1.29 is 4.74 Å². The molecule has 14 heavy (non-hydrogen) atoms. The monoisotopic (exact) mass is 257 g/mol. The van der Waals surface area contributed by atoms with Gasteiger partial charge < -0.3 is 10.1 Å². The summed E-state index contributed by atoms with van der Waals surface area (Å²) in [5.74, 6) is 0. The summed E-state index contributed by atoms with van der Waals surface area (Å²) in [4.78, 5) is 0. The SMILES string of the molecule is CCOCC(NC)c1cccc(Br)c1. The average Bonchev–Trinajstić information content (AvgIpc) is 2.19. The van der Waals surface area contributed by atoms with E-state index in [1.807, 2.05) is 26.1 Å². The van der Waals surface area contributed by atoms with Crippen molar-refractivity contribution in [2.75, 3.05) is 20.3 Å². The van der Waals surface area contributed by atoms with Gasteiger partial charge in [-0.15, -0.1) is 0 Å². The smallest absolute Gasteiger partial charge is 0.0661 e. The van der Waals surface area contributed by atoms with E-state index in [1.54, 1.807) is 0 Å². The largest absolute Gasteiger partial charge is 0.380 e. The van der Waals surface area contributed by atoms with Crippen LogP contribution in [0.15, 0.2) is 28.7 Å². The topological polar surface area (TPSA) is 21.3 Å². The van der Waals surface area contributed by atoms with Crippen LogP contribution in [0.5, 0.6) is 0 Å². The third-order valence-electron chi connectivity index (χ3n) is 2.09. The summed E-state index contributed by atoms with van der Waals surface area (Å²) in [5.41, 5.74) is 1.25. The maximum absolute atomic E-state index is 5.40. The van der Waals surface area contributed by atoms with Gasteiger partial charge in [0.1, 0.15) is 0 Å². The number of benzene rings is 1. The molecule has 0 aromatic heterocycles. The Labute approximate surface area is 93.8 Å². The molecule has 2 nitrogen and oxygen atoms in total. The Morgan fingerprint density at radius 2 is 2.29 bits per heavy atom. The molecule has 0 heterocycles. The highest BCUT2D eigenvalue weighted by atomic mass is 79.9. The highest BCUT2D eigenvalue weighted by Crippen LogP contribution is 2.18. The van der Waals surface area contributed by atoms with E-state index >= 15 is 0 Å². The molecule has 0 saturated heterocycles. The van der Waals surface area contributed by atoms with E-state index < -0.39 is 0 Å². The summed E-state index contributed by atoms with van der Waals surface area (Å²) in [7, 11) is 1.95. The van der Waals surface area contributed by atoms with Crippen LogP contribution < -0.4 is 5.32 Å². The fourth-order valence-electron chi connectivity index (χ4n) is 1.31.